The number of hydrogen-bond donors (Lipinski definition) is 0. The molecule has 0 spiro atoms. The van der Waals surface area contributed by atoms with E-state index in [2.05, 4.69) is 0 Å². The second-order valence-electron chi connectivity index (χ2n) is 4.16. The molecule has 0 bridgehead atoms. The molecule has 1 aromatic heterocycles. The second kappa shape index (κ2) is 3.54. The highest BCUT2D eigenvalue weighted by Crippen LogP contribution is 2.16. The molecule has 2 nitrogen and oxygen atoms in total. The van der Waals surface area contributed by atoms with Gasteiger partial charge in [0.1, 0.15) is 0 Å². The third-order valence-corrected chi connectivity index (χ3v) is 2.64. The average Bonchev–Trinajstić information content (AvgIpc) is 2.19. The molecule has 0 unspecified atom stereocenters. The Morgan fingerprint density at radius 3 is 2.53 bits per heavy atom. The van der Waals surface area contributed by atoms with Crippen LogP contribution in [0.3, 0.4) is 0 Å². The van der Waals surface area contributed by atoms with Crippen LogP contribution in [0.15, 0.2) is 35.1 Å². The topological polar surface area (TPSA) is 22.0 Å². The van der Waals surface area contributed by atoms with Crippen molar-refractivity contribution in [2.75, 3.05) is 0 Å². The van der Waals surface area contributed by atoms with Crippen LogP contribution in [-0.2, 0) is 0 Å². The molecule has 0 N–H and O–H groups in total. The lowest BCUT2D eigenvalue weighted by Gasteiger charge is -2.14. The number of nitrogens with zero attached hydrogens (tertiary/aromatic N) is 1. The van der Waals surface area contributed by atoms with Gasteiger partial charge in [0, 0.05) is 11.6 Å². The van der Waals surface area contributed by atoms with E-state index in [0.29, 0.717) is 0 Å². The molecule has 2 heteroatoms. The fourth-order valence-corrected chi connectivity index (χ4v) is 1.94. The first kappa shape index (κ1) is 9.97. The third kappa shape index (κ3) is 1.56. The van der Waals surface area contributed by atoms with Crippen LogP contribution in [0.2, 0.25) is 0 Å². The van der Waals surface area contributed by atoms with Gasteiger partial charge in [-0.15, -0.1) is 0 Å². The normalized spacial score (nSPS) is 11.2. The van der Waals surface area contributed by atoms with Gasteiger partial charge >= 0.3 is 0 Å². The predicted octanol–water partition coefficient (Wildman–Crippen LogP) is 2.89. The van der Waals surface area contributed by atoms with Crippen molar-refractivity contribution < 1.29 is 0 Å². The molecule has 1 aromatic carbocycles. The number of aromatic nitrogens is 1. The largest absolute Gasteiger partial charge is 0.306 e. The minimum Gasteiger partial charge on any atom is -0.306 e. The number of aryl methyl sites for hydroxylation is 1. The minimum atomic E-state index is 0.115. The van der Waals surface area contributed by atoms with Crippen LogP contribution in [0.1, 0.15) is 25.5 Å². The Hall–Kier alpha value is -1.57. The number of hydrogen-bond acceptors (Lipinski definition) is 1. The highest BCUT2D eigenvalue weighted by atomic mass is 16.1. The lowest BCUT2D eigenvalue weighted by Crippen LogP contribution is -2.24. The van der Waals surface area contributed by atoms with Gasteiger partial charge in [-0.05, 0) is 38.3 Å². The minimum absolute atomic E-state index is 0.115. The van der Waals surface area contributed by atoms with Crippen LogP contribution in [0.5, 0.6) is 0 Å². The van der Waals surface area contributed by atoms with Gasteiger partial charge in [-0.2, -0.15) is 0 Å². The molecule has 0 aliphatic rings. The lowest BCUT2D eigenvalue weighted by atomic mass is 10.1. The van der Waals surface area contributed by atoms with E-state index in [1.807, 2.05) is 55.7 Å². The van der Waals surface area contributed by atoms with E-state index in [1.54, 1.807) is 0 Å². The van der Waals surface area contributed by atoms with E-state index in [-0.39, 0.29) is 11.6 Å². The Bertz CT molecular complexity index is 552. The summed E-state index contributed by atoms with van der Waals surface area (Å²) in [6.45, 7) is 5.94. The number of rotatable bonds is 1. The average molecular weight is 201 g/mol. The predicted molar refractivity (Wildman–Crippen MR) is 63.3 cm³/mol. The van der Waals surface area contributed by atoms with Crippen LogP contribution >= 0.6 is 0 Å². The Kier molecular flexibility index (Phi) is 2.35. The van der Waals surface area contributed by atoms with Crippen LogP contribution in [0.25, 0.3) is 10.9 Å². The van der Waals surface area contributed by atoms with Crippen LogP contribution in [0.4, 0.5) is 0 Å². The Morgan fingerprint density at radius 2 is 1.87 bits per heavy atom. The summed E-state index contributed by atoms with van der Waals surface area (Å²) in [5.41, 5.74) is 1.94. The molecule has 0 saturated heterocycles. The van der Waals surface area contributed by atoms with E-state index in [0.717, 1.165) is 16.5 Å². The molecule has 0 saturated carbocycles. The van der Waals surface area contributed by atoms with Crippen molar-refractivity contribution in [3.8, 4) is 0 Å². The van der Waals surface area contributed by atoms with E-state index in [9.17, 15) is 4.79 Å². The fraction of sp³-hybridized carbons (Fsp3) is 0.308. The summed E-state index contributed by atoms with van der Waals surface area (Å²) >= 11 is 0. The molecule has 0 fully saturated rings. The monoisotopic (exact) mass is 201 g/mol. The van der Waals surface area contributed by atoms with Gasteiger partial charge in [0.15, 0.2) is 0 Å². The molecule has 0 aliphatic carbocycles. The lowest BCUT2D eigenvalue weighted by molar-refractivity contribution is 0.598. The summed E-state index contributed by atoms with van der Waals surface area (Å²) < 4.78 is 1.85. The summed E-state index contributed by atoms with van der Waals surface area (Å²) in [4.78, 5) is 12.0. The van der Waals surface area contributed by atoms with Crippen molar-refractivity contribution in [1.29, 1.82) is 0 Å². The second-order valence-corrected chi connectivity index (χ2v) is 4.16. The van der Waals surface area contributed by atoms with Gasteiger partial charge < -0.3 is 4.57 Å². The maximum atomic E-state index is 12.0. The summed E-state index contributed by atoms with van der Waals surface area (Å²) in [7, 11) is 0. The fourth-order valence-electron chi connectivity index (χ4n) is 1.94. The maximum absolute atomic E-state index is 12.0. The van der Waals surface area contributed by atoms with Crippen LogP contribution in [-0.4, -0.2) is 4.57 Å². The van der Waals surface area contributed by atoms with Gasteiger partial charge in [0.25, 0.3) is 5.56 Å². The highest BCUT2D eigenvalue weighted by Gasteiger charge is 2.08. The first-order chi connectivity index (χ1) is 7.11. The first-order valence-corrected chi connectivity index (χ1v) is 5.22. The van der Waals surface area contributed by atoms with Gasteiger partial charge in [-0.1, -0.05) is 18.2 Å². The number of pyridine rings is 1. The molecule has 0 radical (unpaired) electrons. The summed E-state index contributed by atoms with van der Waals surface area (Å²) in [5.74, 6) is 0. The third-order valence-electron chi connectivity index (χ3n) is 2.64. The highest BCUT2D eigenvalue weighted by molar-refractivity contribution is 5.79. The number of para-hydroxylation sites is 1. The van der Waals surface area contributed by atoms with Crippen molar-refractivity contribution in [3.63, 3.8) is 0 Å². The molecule has 78 valence electrons. The molecule has 0 atom stereocenters. The summed E-state index contributed by atoms with van der Waals surface area (Å²) in [5, 5.41) is 1.13. The Balaban J connectivity index is 2.96. The molecule has 0 amide bonds. The molecular weight excluding hydrogens is 186 g/mol. The van der Waals surface area contributed by atoms with Crippen molar-refractivity contribution in [3.05, 3.63) is 46.2 Å². The van der Waals surface area contributed by atoms with E-state index >= 15 is 0 Å². The number of benzene rings is 1. The van der Waals surface area contributed by atoms with Gasteiger partial charge in [-0.3, -0.25) is 4.79 Å². The number of fused-ring (bicyclic) bond motifs is 1. The van der Waals surface area contributed by atoms with Crippen molar-refractivity contribution in [2.45, 2.75) is 26.8 Å². The zero-order chi connectivity index (χ0) is 11.0. The molecule has 2 rings (SSSR count). The Morgan fingerprint density at radius 1 is 1.20 bits per heavy atom. The molecule has 1 heterocycles. The van der Waals surface area contributed by atoms with Gasteiger partial charge in [-0.25, -0.2) is 0 Å². The SMILES string of the molecule is Cc1cc2ccccc2n(C(C)C)c1=O. The summed E-state index contributed by atoms with van der Waals surface area (Å²) in [6, 6.07) is 10.2. The van der Waals surface area contributed by atoms with E-state index in [4.69, 9.17) is 0 Å². The van der Waals surface area contributed by atoms with Gasteiger partial charge in [0.05, 0.1) is 5.52 Å². The van der Waals surface area contributed by atoms with Crippen molar-refractivity contribution in [2.24, 2.45) is 0 Å². The maximum Gasteiger partial charge on any atom is 0.254 e. The Labute approximate surface area is 89.2 Å². The van der Waals surface area contributed by atoms with Crippen LogP contribution in [0, 0.1) is 6.92 Å². The zero-order valence-electron chi connectivity index (χ0n) is 9.32. The summed E-state index contributed by atoms with van der Waals surface area (Å²) in [6.07, 6.45) is 0. The van der Waals surface area contributed by atoms with E-state index < -0.39 is 0 Å². The molecule has 15 heavy (non-hydrogen) atoms. The molecule has 0 aliphatic heterocycles. The van der Waals surface area contributed by atoms with Crippen molar-refractivity contribution >= 4 is 10.9 Å². The zero-order valence-corrected chi connectivity index (χ0v) is 9.32. The molecule has 2 aromatic rings. The van der Waals surface area contributed by atoms with E-state index in [1.165, 1.54) is 0 Å². The smallest absolute Gasteiger partial charge is 0.254 e. The quantitative estimate of drug-likeness (QED) is 0.695. The first-order valence-electron chi connectivity index (χ1n) is 5.22. The van der Waals surface area contributed by atoms with Crippen molar-refractivity contribution in [1.82, 2.24) is 4.57 Å². The molecular formula is C13H15NO. The van der Waals surface area contributed by atoms with Crippen LogP contribution < -0.4 is 5.56 Å². The standard InChI is InChI=1S/C13H15NO/c1-9(2)14-12-7-5-4-6-11(12)8-10(3)13(14)15/h4-9H,1-3H3. The van der Waals surface area contributed by atoms with Gasteiger partial charge in [0.2, 0.25) is 0 Å².